The average molecular weight is 399 g/mol. The Hall–Kier alpha value is -3.26. The summed E-state index contributed by atoms with van der Waals surface area (Å²) in [5.41, 5.74) is 2.27. The highest BCUT2D eigenvalue weighted by molar-refractivity contribution is 7.13. The van der Waals surface area contributed by atoms with Crippen molar-refractivity contribution in [3.63, 3.8) is 0 Å². The van der Waals surface area contributed by atoms with E-state index >= 15 is 0 Å². The first-order valence-corrected chi connectivity index (χ1v) is 9.42. The molecule has 144 valence electrons. The van der Waals surface area contributed by atoms with Crippen LogP contribution < -0.4 is 10.6 Å². The summed E-state index contributed by atoms with van der Waals surface area (Å²) in [7, 11) is 0. The van der Waals surface area contributed by atoms with Crippen molar-refractivity contribution in [2.24, 2.45) is 0 Å². The number of hydrogen-bond donors (Lipinski definition) is 2. The molecule has 3 rings (SSSR count). The van der Waals surface area contributed by atoms with Gasteiger partial charge in [-0.1, -0.05) is 18.2 Å². The summed E-state index contributed by atoms with van der Waals surface area (Å²) in [6.45, 7) is 3.74. The third kappa shape index (κ3) is 4.34. The highest BCUT2D eigenvalue weighted by Gasteiger charge is 2.16. The first-order valence-electron chi connectivity index (χ1n) is 8.54. The van der Waals surface area contributed by atoms with Gasteiger partial charge in [-0.25, -0.2) is 14.2 Å². The van der Waals surface area contributed by atoms with Crippen molar-refractivity contribution in [3.05, 3.63) is 64.9 Å². The molecule has 8 heteroatoms. The van der Waals surface area contributed by atoms with E-state index in [0.29, 0.717) is 27.5 Å². The van der Waals surface area contributed by atoms with E-state index < -0.39 is 17.8 Å². The number of nitrogens with zero attached hydrogens (tertiary/aromatic N) is 1. The van der Waals surface area contributed by atoms with Crippen molar-refractivity contribution in [1.29, 1.82) is 0 Å². The van der Waals surface area contributed by atoms with Gasteiger partial charge < -0.3 is 10.1 Å². The molecular formula is C20H18FN3O3S. The quantitative estimate of drug-likeness (QED) is 0.627. The Labute approximate surface area is 165 Å². The van der Waals surface area contributed by atoms with Crippen molar-refractivity contribution < 1.29 is 18.7 Å². The largest absolute Gasteiger partial charge is 0.450 e. The Kier molecular flexibility index (Phi) is 6.00. The molecule has 0 saturated heterocycles. The van der Waals surface area contributed by atoms with E-state index in [2.05, 4.69) is 15.6 Å². The Morgan fingerprint density at radius 2 is 1.82 bits per heavy atom. The normalized spacial score (nSPS) is 10.4. The van der Waals surface area contributed by atoms with E-state index in [1.807, 2.05) is 0 Å². The maximum Gasteiger partial charge on any atom is 0.411 e. The van der Waals surface area contributed by atoms with Crippen LogP contribution in [0.5, 0.6) is 0 Å². The van der Waals surface area contributed by atoms with Crippen molar-refractivity contribution in [2.75, 3.05) is 17.2 Å². The highest BCUT2D eigenvalue weighted by atomic mass is 32.1. The summed E-state index contributed by atoms with van der Waals surface area (Å²) in [6, 6.07) is 11.4. The lowest BCUT2D eigenvalue weighted by molar-refractivity contribution is 0.102. The highest BCUT2D eigenvalue weighted by Crippen LogP contribution is 2.27. The van der Waals surface area contributed by atoms with Gasteiger partial charge in [0.15, 0.2) is 0 Å². The van der Waals surface area contributed by atoms with Crippen LogP contribution in [-0.4, -0.2) is 23.6 Å². The number of thiazole rings is 1. The van der Waals surface area contributed by atoms with E-state index in [-0.39, 0.29) is 12.3 Å². The predicted molar refractivity (Wildman–Crippen MR) is 107 cm³/mol. The fourth-order valence-corrected chi connectivity index (χ4v) is 3.33. The lowest BCUT2D eigenvalue weighted by Crippen LogP contribution is -2.16. The molecule has 0 aliphatic carbocycles. The van der Waals surface area contributed by atoms with Crippen molar-refractivity contribution >= 4 is 34.7 Å². The molecule has 1 heterocycles. The summed E-state index contributed by atoms with van der Waals surface area (Å²) in [6.07, 6.45) is -0.567. The maximum absolute atomic E-state index is 13.9. The third-order valence-electron chi connectivity index (χ3n) is 3.94. The van der Waals surface area contributed by atoms with Crippen molar-refractivity contribution in [3.8, 4) is 10.6 Å². The van der Waals surface area contributed by atoms with Crippen molar-refractivity contribution in [1.82, 2.24) is 4.98 Å². The first-order chi connectivity index (χ1) is 13.5. The van der Waals surface area contributed by atoms with Crippen LogP contribution in [0.3, 0.4) is 0 Å². The Balaban J connectivity index is 1.77. The van der Waals surface area contributed by atoms with Crippen LogP contribution >= 0.6 is 11.3 Å². The van der Waals surface area contributed by atoms with Crippen LogP contribution in [0.2, 0.25) is 0 Å². The van der Waals surface area contributed by atoms with E-state index in [0.717, 1.165) is 0 Å². The van der Waals surface area contributed by atoms with Gasteiger partial charge >= 0.3 is 6.09 Å². The molecule has 0 saturated carbocycles. The molecule has 0 atom stereocenters. The molecule has 2 amide bonds. The standard InChI is InChI=1S/C20H18FN3O3S/c1-3-27-20(26)24-16-10-6-9-15(12(16)2)22-18(25)17-11-28-19(23-17)13-7-4-5-8-14(13)21/h4-11H,3H2,1-2H3,(H,22,25)(H,24,26). The van der Waals surface area contributed by atoms with Crippen LogP contribution in [-0.2, 0) is 4.74 Å². The zero-order valence-corrected chi connectivity index (χ0v) is 16.1. The smallest absolute Gasteiger partial charge is 0.411 e. The monoisotopic (exact) mass is 399 g/mol. The van der Waals surface area contributed by atoms with Gasteiger partial charge in [0.05, 0.1) is 6.61 Å². The van der Waals surface area contributed by atoms with Crippen LogP contribution in [0.25, 0.3) is 10.6 Å². The third-order valence-corrected chi connectivity index (χ3v) is 4.81. The molecule has 0 radical (unpaired) electrons. The lowest BCUT2D eigenvalue weighted by Gasteiger charge is -2.12. The van der Waals surface area contributed by atoms with Crippen LogP contribution in [0.4, 0.5) is 20.6 Å². The molecule has 0 aliphatic rings. The predicted octanol–water partition coefficient (Wildman–Crippen LogP) is 5.08. The molecule has 3 aromatic rings. The Morgan fingerprint density at radius 1 is 1.11 bits per heavy atom. The second-order valence-corrected chi connectivity index (χ2v) is 6.65. The number of carbonyl (C=O) groups excluding carboxylic acids is 2. The fourth-order valence-electron chi connectivity index (χ4n) is 2.51. The molecule has 28 heavy (non-hydrogen) atoms. The van der Waals surface area contributed by atoms with Gasteiger partial charge in [-0.15, -0.1) is 11.3 Å². The van der Waals surface area contributed by atoms with Gasteiger partial charge in [-0.05, 0) is 43.7 Å². The molecule has 0 fully saturated rings. The number of amides is 2. The number of rotatable bonds is 5. The molecule has 0 spiro atoms. The zero-order valence-electron chi connectivity index (χ0n) is 15.3. The zero-order chi connectivity index (χ0) is 20.1. The number of halogens is 1. The number of aromatic nitrogens is 1. The van der Waals surface area contributed by atoms with Gasteiger partial charge in [-0.2, -0.15) is 0 Å². The average Bonchev–Trinajstić information content (AvgIpc) is 3.15. The van der Waals surface area contributed by atoms with E-state index in [1.54, 1.807) is 55.6 Å². The number of anilines is 2. The minimum Gasteiger partial charge on any atom is -0.450 e. The van der Waals surface area contributed by atoms with Crippen LogP contribution in [0, 0.1) is 12.7 Å². The SMILES string of the molecule is CCOC(=O)Nc1cccc(NC(=O)c2csc(-c3ccccc3F)n2)c1C. The van der Waals surface area contributed by atoms with Crippen LogP contribution in [0.1, 0.15) is 23.0 Å². The number of hydrogen-bond acceptors (Lipinski definition) is 5. The summed E-state index contributed by atoms with van der Waals surface area (Å²) in [5, 5.41) is 7.40. The van der Waals surface area contributed by atoms with Crippen molar-refractivity contribution in [2.45, 2.75) is 13.8 Å². The summed E-state index contributed by atoms with van der Waals surface area (Å²) < 4.78 is 18.8. The number of carbonyl (C=O) groups is 2. The second-order valence-electron chi connectivity index (χ2n) is 5.80. The molecule has 6 nitrogen and oxygen atoms in total. The van der Waals surface area contributed by atoms with Gasteiger partial charge in [0, 0.05) is 22.3 Å². The first kappa shape index (κ1) is 19.5. The second kappa shape index (κ2) is 8.62. The van der Waals surface area contributed by atoms with E-state index in [9.17, 15) is 14.0 Å². The maximum atomic E-state index is 13.9. The molecule has 2 aromatic carbocycles. The number of ether oxygens (including phenoxy) is 1. The molecule has 0 unspecified atom stereocenters. The fraction of sp³-hybridized carbons (Fsp3) is 0.150. The molecule has 1 aromatic heterocycles. The Bertz CT molecular complexity index is 1020. The lowest BCUT2D eigenvalue weighted by atomic mass is 10.1. The number of nitrogens with one attached hydrogen (secondary N) is 2. The minimum absolute atomic E-state index is 0.186. The topological polar surface area (TPSA) is 80.3 Å². The van der Waals surface area contributed by atoms with E-state index in [1.165, 1.54) is 17.4 Å². The molecule has 0 aliphatic heterocycles. The summed E-state index contributed by atoms with van der Waals surface area (Å²) in [4.78, 5) is 28.4. The summed E-state index contributed by atoms with van der Waals surface area (Å²) in [5.74, 6) is -0.812. The van der Waals surface area contributed by atoms with Gasteiger partial charge in [0.2, 0.25) is 0 Å². The van der Waals surface area contributed by atoms with E-state index in [4.69, 9.17) is 4.74 Å². The van der Waals surface area contributed by atoms with Gasteiger partial charge in [0.25, 0.3) is 5.91 Å². The summed E-state index contributed by atoms with van der Waals surface area (Å²) >= 11 is 1.19. The van der Waals surface area contributed by atoms with Gasteiger partial charge in [0.1, 0.15) is 16.5 Å². The molecule has 2 N–H and O–H groups in total. The minimum atomic E-state index is -0.567. The van der Waals surface area contributed by atoms with Gasteiger partial charge in [-0.3, -0.25) is 10.1 Å². The Morgan fingerprint density at radius 3 is 2.54 bits per heavy atom. The molecule has 0 bridgehead atoms. The van der Waals surface area contributed by atoms with Crippen LogP contribution in [0.15, 0.2) is 47.8 Å². The molecular weight excluding hydrogens is 381 g/mol. The number of benzene rings is 2.